The van der Waals surface area contributed by atoms with Crippen LogP contribution in [0.5, 0.6) is 0 Å². The van der Waals surface area contributed by atoms with E-state index in [9.17, 15) is 0 Å². The van der Waals surface area contributed by atoms with Crippen LogP contribution in [0, 0.1) is 0 Å². The van der Waals surface area contributed by atoms with Crippen molar-refractivity contribution in [3.05, 3.63) is 22.4 Å². The molecule has 1 aliphatic carbocycles. The first-order chi connectivity index (χ1) is 8.33. The third-order valence-electron chi connectivity index (χ3n) is 3.20. The summed E-state index contributed by atoms with van der Waals surface area (Å²) in [6.45, 7) is 3.23. The Kier molecular flexibility index (Phi) is 3.70. The van der Waals surface area contributed by atoms with Crippen LogP contribution in [0.25, 0.3) is 0 Å². The van der Waals surface area contributed by atoms with Crippen LogP contribution in [0.1, 0.15) is 17.7 Å². The van der Waals surface area contributed by atoms with Crippen LogP contribution in [0.2, 0.25) is 0 Å². The van der Waals surface area contributed by atoms with E-state index in [2.05, 4.69) is 27.3 Å². The van der Waals surface area contributed by atoms with E-state index in [-0.39, 0.29) is 0 Å². The number of hydrogen-bond donors (Lipinski definition) is 0. The van der Waals surface area contributed by atoms with Gasteiger partial charge in [-0.2, -0.15) is 0 Å². The predicted molar refractivity (Wildman–Crippen MR) is 79.5 cm³/mol. The lowest BCUT2D eigenvalue weighted by Crippen LogP contribution is -2.38. The summed E-state index contributed by atoms with van der Waals surface area (Å²) in [6.07, 6.45) is 2.72. The van der Waals surface area contributed by atoms with E-state index in [4.69, 9.17) is 12.2 Å². The van der Waals surface area contributed by atoms with Crippen molar-refractivity contribution in [3.63, 3.8) is 0 Å². The van der Waals surface area contributed by atoms with Crippen LogP contribution in [-0.2, 0) is 6.54 Å². The monoisotopic (exact) mass is 284 g/mol. The zero-order valence-electron chi connectivity index (χ0n) is 9.67. The lowest BCUT2D eigenvalue weighted by molar-refractivity contribution is 0.181. The number of rotatable bonds is 5. The molecule has 0 bridgehead atoms. The fraction of sp³-hybridized carbons (Fsp3) is 0.583. The van der Waals surface area contributed by atoms with Crippen LogP contribution in [0.15, 0.2) is 17.5 Å². The normalized spacial score (nSPS) is 20.5. The molecule has 0 unspecified atom stereocenters. The SMILES string of the molecule is S=C1SCCN1CN(Cc1cccs1)C1CC1. The van der Waals surface area contributed by atoms with Gasteiger partial charge < -0.3 is 4.90 Å². The van der Waals surface area contributed by atoms with Crippen LogP contribution in [0.4, 0.5) is 0 Å². The Hall–Kier alpha value is -0.100. The topological polar surface area (TPSA) is 6.48 Å². The van der Waals surface area contributed by atoms with Crippen molar-refractivity contribution in [1.82, 2.24) is 9.80 Å². The van der Waals surface area contributed by atoms with Gasteiger partial charge in [0.2, 0.25) is 0 Å². The van der Waals surface area contributed by atoms with E-state index < -0.39 is 0 Å². The van der Waals surface area contributed by atoms with E-state index in [1.807, 2.05) is 23.1 Å². The maximum Gasteiger partial charge on any atom is 0.137 e. The maximum atomic E-state index is 5.38. The molecule has 0 N–H and O–H groups in total. The van der Waals surface area contributed by atoms with Gasteiger partial charge in [-0.1, -0.05) is 30.0 Å². The Morgan fingerprint density at radius 3 is 2.94 bits per heavy atom. The average Bonchev–Trinajstić information content (AvgIpc) is 2.91. The second kappa shape index (κ2) is 5.26. The van der Waals surface area contributed by atoms with Gasteiger partial charge in [-0.3, -0.25) is 4.90 Å². The molecule has 1 aliphatic heterocycles. The number of thiophene rings is 1. The molecule has 0 spiro atoms. The molecule has 17 heavy (non-hydrogen) atoms. The fourth-order valence-electron chi connectivity index (χ4n) is 2.11. The molecular formula is C12H16N2S3. The molecule has 0 radical (unpaired) electrons. The number of thiocarbonyl (C=S) groups is 1. The molecule has 2 nitrogen and oxygen atoms in total. The molecule has 1 aromatic rings. The number of hydrogen-bond acceptors (Lipinski definition) is 4. The first-order valence-corrected chi connectivity index (χ1v) is 8.28. The van der Waals surface area contributed by atoms with Crippen molar-refractivity contribution in [1.29, 1.82) is 0 Å². The van der Waals surface area contributed by atoms with Crippen LogP contribution in [-0.4, -0.2) is 39.1 Å². The second-order valence-corrected chi connectivity index (χ2v) is 7.34. The number of nitrogens with zero attached hydrogens (tertiary/aromatic N) is 2. The molecule has 5 heteroatoms. The Bertz CT molecular complexity index is 386. The highest BCUT2D eigenvalue weighted by Gasteiger charge is 2.31. The summed E-state index contributed by atoms with van der Waals surface area (Å²) in [7, 11) is 0. The minimum Gasteiger partial charge on any atom is -0.344 e. The quantitative estimate of drug-likeness (QED) is 0.767. The third kappa shape index (κ3) is 3.02. The highest BCUT2D eigenvalue weighted by Crippen LogP contribution is 2.30. The summed E-state index contributed by atoms with van der Waals surface area (Å²) in [5.74, 6) is 1.16. The van der Waals surface area contributed by atoms with E-state index in [0.717, 1.165) is 35.9 Å². The molecule has 2 aliphatic rings. The summed E-state index contributed by atoms with van der Waals surface area (Å²) < 4.78 is 1.09. The zero-order valence-corrected chi connectivity index (χ0v) is 12.1. The van der Waals surface area contributed by atoms with Gasteiger partial charge in [0.25, 0.3) is 0 Å². The van der Waals surface area contributed by atoms with Gasteiger partial charge in [-0.05, 0) is 24.3 Å². The van der Waals surface area contributed by atoms with Gasteiger partial charge in [0.15, 0.2) is 0 Å². The summed E-state index contributed by atoms with van der Waals surface area (Å²) in [5.41, 5.74) is 0. The largest absolute Gasteiger partial charge is 0.344 e. The zero-order chi connectivity index (χ0) is 11.7. The predicted octanol–water partition coefficient (Wildman–Crippen LogP) is 3.00. The highest BCUT2D eigenvalue weighted by atomic mass is 32.2. The number of thioether (sulfide) groups is 1. The summed E-state index contributed by atoms with van der Waals surface area (Å²) >= 11 is 9.06. The smallest absolute Gasteiger partial charge is 0.137 e. The van der Waals surface area contributed by atoms with Crippen molar-refractivity contribution in [2.75, 3.05) is 19.0 Å². The molecule has 92 valence electrons. The molecule has 0 aromatic carbocycles. The van der Waals surface area contributed by atoms with Gasteiger partial charge in [-0.15, -0.1) is 11.3 Å². The van der Waals surface area contributed by atoms with Crippen molar-refractivity contribution in [2.45, 2.75) is 25.4 Å². The van der Waals surface area contributed by atoms with E-state index in [1.54, 1.807) is 0 Å². The first kappa shape index (κ1) is 12.0. The van der Waals surface area contributed by atoms with Crippen LogP contribution >= 0.6 is 35.3 Å². The standard InChI is InChI=1S/C12H16N2S3/c15-12-13(5-7-17-12)9-14(10-3-4-10)8-11-2-1-6-16-11/h1-2,6,10H,3-5,7-9H2. The fourth-order valence-corrected chi connectivity index (χ4v) is 4.06. The lowest BCUT2D eigenvalue weighted by atomic mass is 10.4. The minimum atomic E-state index is 0.797. The second-order valence-electron chi connectivity index (χ2n) is 4.58. The van der Waals surface area contributed by atoms with Crippen molar-refractivity contribution in [3.8, 4) is 0 Å². The maximum absolute atomic E-state index is 5.38. The van der Waals surface area contributed by atoms with Gasteiger partial charge in [0.1, 0.15) is 4.32 Å². The van der Waals surface area contributed by atoms with Crippen LogP contribution < -0.4 is 0 Å². The minimum absolute atomic E-state index is 0.797. The first-order valence-electron chi connectivity index (χ1n) is 6.01. The average molecular weight is 284 g/mol. The Labute approximate surface area is 116 Å². The molecule has 1 saturated heterocycles. The highest BCUT2D eigenvalue weighted by molar-refractivity contribution is 8.23. The molecule has 1 saturated carbocycles. The van der Waals surface area contributed by atoms with Gasteiger partial charge >= 0.3 is 0 Å². The third-order valence-corrected chi connectivity index (χ3v) is 5.56. The van der Waals surface area contributed by atoms with E-state index in [1.165, 1.54) is 17.7 Å². The van der Waals surface area contributed by atoms with Crippen molar-refractivity contribution < 1.29 is 0 Å². The Morgan fingerprint density at radius 1 is 1.47 bits per heavy atom. The van der Waals surface area contributed by atoms with Gasteiger partial charge in [0, 0.05) is 29.8 Å². The van der Waals surface area contributed by atoms with Gasteiger partial charge in [0.05, 0.1) is 6.67 Å². The summed E-state index contributed by atoms with van der Waals surface area (Å²) in [6, 6.07) is 5.17. The van der Waals surface area contributed by atoms with Crippen LogP contribution in [0.3, 0.4) is 0 Å². The summed E-state index contributed by atoms with van der Waals surface area (Å²) in [5, 5.41) is 2.16. The molecule has 1 aromatic heterocycles. The molecular weight excluding hydrogens is 268 g/mol. The Morgan fingerprint density at radius 2 is 2.35 bits per heavy atom. The van der Waals surface area contributed by atoms with Gasteiger partial charge in [-0.25, -0.2) is 0 Å². The van der Waals surface area contributed by atoms with E-state index >= 15 is 0 Å². The van der Waals surface area contributed by atoms with Crippen molar-refractivity contribution >= 4 is 39.6 Å². The van der Waals surface area contributed by atoms with E-state index in [0.29, 0.717) is 0 Å². The molecule has 0 atom stereocenters. The lowest BCUT2D eigenvalue weighted by Gasteiger charge is -2.28. The van der Waals surface area contributed by atoms with Crippen molar-refractivity contribution in [2.24, 2.45) is 0 Å². The molecule has 3 rings (SSSR count). The summed E-state index contributed by atoms with van der Waals surface area (Å²) in [4.78, 5) is 6.41. The molecule has 2 fully saturated rings. The Balaban J connectivity index is 1.62. The molecule has 0 amide bonds. The molecule has 2 heterocycles.